The number of carbonyl (C=O) groups excluding carboxylic acids is 1. The molecule has 1 atom stereocenters. The Labute approximate surface area is 135 Å². The highest BCUT2D eigenvalue weighted by molar-refractivity contribution is 8.23. The van der Waals surface area contributed by atoms with Crippen molar-refractivity contribution in [1.82, 2.24) is 10.2 Å². The van der Waals surface area contributed by atoms with Gasteiger partial charge >= 0.3 is 0 Å². The van der Waals surface area contributed by atoms with Gasteiger partial charge in [0.25, 0.3) is 0 Å². The van der Waals surface area contributed by atoms with Crippen LogP contribution >= 0.6 is 24.0 Å². The topological polar surface area (TPSA) is 41.6 Å². The largest absolute Gasteiger partial charge is 0.378 e. The summed E-state index contributed by atoms with van der Waals surface area (Å²) in [5, 5.41) is 2.99. The van der Waals surface area contributed by atoms with E-state index in [2.05, 4.69) is 10.2 Å². The number of morpholine rings is 1. The van der Waals surface area contributed by atoms with Crippen LogP contribution in [-0.2, 0) is 9.53 Å². The molecule has 1 aliphatic rings. The van der Waals surface area contributed by atoms with Gasteiger partial charge in [0.2, 0.25) is 5.91 Å². The minimum Gasteiger partial charge on any atom is -0.378 e. The molecule has 114 valence electrons. The molecule has 0 aliphatic carbocycles. The van der Waals surface area contributed by atoms with Gasteiger partial charge in [-0.05, 0) is 12.5 Å². The summed E-state index contributed by atoms with van der Waals surface area (Å²) in [4.78, 5) is 14.1. The highest BCUT2D eigenvalue weighted by Crippen LogP contribution is 2.14. The zero-order valence-corrected chi connectivity index (χ0v) is 13.7. The Balaban J connectivity index is 1.73. The van der Waals surface area contributed by atoms with Crippen molar-refractivity contribution in [3.8, 4) is 0 Å². The first-order valence-electron chi connectivity index (χ1n) is 7.00. The number of hydrogen-bond donors (Lipinski definition) is 1. The molecule has 6 heteroatoms. The van der Waals surface area contributed by atoms with Crippen molar-refractivity contribution >= 4 is 34.2 Å². The summed E-state index contributed by atoms with van der Waals surface area (Å²) in [5.74, 6) is 0.361. The highest BCUT2D eigenvalue weighted by Gasteiger charge is 2.16. The lowest BCUT2D eigenvalue weighted by molar-refractivity contribution is -0.119. The van der Waals surface area contributed by atoms with Crippen LogP contribution in [0.15, 0.2) is 30.3 Å². The molecule has 2 rings (SSSR count). The number of thiocarbonyl (C=S) groups is 1. The van der Waals surface area contributed by atoms with Gasteiger partial charge in [-0.1, -0.05) is 54.3 Å². The van der Waals surface area contributed by atoms with Crippen molar-refractivity contribution in [1.29, 1.82) is 0 Å². The Morgan fingerprint density at radius 3 is 2.71 bits per heavy atom. The molecule has 4 nitrogen and oxygen atoms in total. The first-order chi connectivity index (χ1) is 10.2. The van der Waals surface area contributed by atoms with E-state index in [4.69, 9.17) is 17.0 Å². The number of nitrogens with zero attached hydrogens (tertiary/aromatic N) is 1. The van der Waals surface area contributed by atoms with Crippen LogP contribution in [0.5, 0.6) is 0 Å². The van der Waals surface area contributed by atoms with Crippen molar-refractivity contribution in [2.45, 2.75) is 13.0 Å². The van der Waals surface area contributed by atoms with Gasteiger partial charge in [0.15, 0.2) is 0 Å². The maximum absolute atomic E-state index is 12.0. The number of nitrogens with one attached hydrogen (secondary N) is 1. The second-order valence-electron chi connectivity index (χ2n) is 4.85. The number of benzene rings is 1. The van der Waals surface area contributed by atoms with Gasteiger partial charge in [-0.25, -0.2) is 0 Å². The molecule has 1 unspecified atom stereocenters. The van der Waals surface area contributed by atoms with E-state index < -0.39 is 0 Å². The Hall–Kier alpha value is -1.11. The average molecular weight is 324 g/mol. The second kappa shape index (κ2) is 8.36. The minimum atomic E-state index is 0.00645. The number of hydrogen-bond acceptors (Lipinski definition) is 4. The van der Waals surface area contributed by atoms with Crippen molar-refractivity contribution in [2.75, 3.05) is 32.1 Å². The lowest BCUT2D eigenvalue weighted by atomic mass is 10.1. The van der Waals surface area contributed by atoms with Crippen LogP contribution in [0.1, 0.15) is 18.5 Å². The third-order valence-electron chi connectivity index (χ3n) is 3.27. The summed E-state index contributed by atoms with van der Waals surface area (Å²) in [6.07, 6.45) is 0. The van der Waals surface area contributed by atoms with Gasteiger partial charge in [0.1, 0.15) is 4.32 Å². The summed E-state index contributed by atoms with van der Waals surface area (Å²) in [7, 11) is 0. The molecule has 1 aromatic rings. The Morgan fingerprint density at radius 2 is 2.05 bits per heavy atom. The predicted molar refractivity (Wildman–Crippen MR) is 90.4 cm³/mol. The second-order valence-corrected chi connectivity index (χ2v) is 6.46. The maximum Gasteiger partial charge on any atom is 0.230 e. The molecular formula is C15H20N2O2S2. The first kappa shape index (κ1) is 16.3. The molecule has 0 bridgehead atoms. The van der Waals surface area contributed by atoms with E-state index in [1.54, 1.807) is 0 Å². The molecule has 0 spiro atoms. The van der Waals surface area contributed by atoms with Crippen LogP contribution in [0.4, 0.5) is 0 Å². The number of thioether (sulfide) groups is 1. The lowest BCUT2D eigenvalue weighted by Crippen LogP contribution is -2.39. The Bertz CT molecular complexity index is 476. The number of amides is 1. The van der Waals surface area contributed by atoms with E-state index in [1.807, 2.05) is 37.3 Å². The fourth-order valence-corrected chi connectivity index (χ4v) is 3.14. The molecular weight excluding hydrogens is 304 g/mol. The zero-order chi connectivity index (χ0) is 15.1. The number of carbonyl (C=O) groups is 1. The van der Waals surface area contributed by atoms with Crippen molar-refractivity contribution in [3.63, 3.8) is 0 Å². The molecule has 1 aromatic carbocycles. The molecule has 1 amide bonds. The van der Waals surface area contributed by atoms with Crippen LogP contribution in [0.3, 0.4) is 0 Å². The van der Waals surface area contributed by atoms with Crippen LogP contribution in [0, 0.1) is 0 Å². The molecule has 1 N–H and O–H groups in total. The summed E-state index contributed by atoms with van der Waals surface area (Å²) < 4.78 is 6.07. The van der Waals surface area contributed by atoms with E-state index in [-0.39, 0.29) is 11.9 Å². The molecule has 21 heavy (non-hydrogen) atoms. The van der Waals surface area contributed by atoms with E-state index >= 15 is 0 Å². The van der Waals surface area contributed by atoms with Crippen LogP contribution in [-0.4, -0.2) is 47.2 Å². The smallest absolute Gasteiger partial charge is 0.230 e. The molecule has 0 saturated carbocycles. The highest BCUT2D eigenvalue weighted by atomic mass is 32.2. The van der Waals surface area contributed by atoms with Crippen LogP contribution in [0.25, 0.3) is 0 Å². The molecule has 0 aromatic heterocycles. The third-order valence-corrected chi connectivity index (χ3v) is 4.80. The van der Waals surface area contributed by atoms with E-state index in [0.717, 1.165) is 23.0 Å². The number of ether oxygens (including phenoxy) is 1. The lowest BCUT2D eigenvalue weighted by Gasteiger charge is -2.28. The minimum absolute atomic E-state index is 0.00645. The standard InChI is InChI=1S/C15H20N2O2S2/c1-12(13-5-3-2-4-6-13)16-14(18)11-21-15(20)17-7-9-19-10-8-17/h2-6,12H,7-11H2,1H3,(H,16,18). The van der Waals surface area contributed by atoms with Gasteiger partial charge in [-0.2, -0.15) is 0 Å². The van der Waals surface area contributed by atoms with Gasteiger partial charge < -0.3 is 15.0 Å². The molecule has 1 heterocycles. The van der Waals surface area contributed by atoms with Crippen molar-refractivity contribution in [3.05, 3.63) is 35.9 Å². The number of rotatable bonds is 4. The van der Waals surface area contributed by atoms with E-state index in [1.165, 1.54) is 11.8 Å². The van der Waals surface area contributed by atoms with Gasteiger partial charge in [0.05, 0.1) is 25.0 Å². The summed E-state index contributed by atoms with van der Waals surface area (Å²) >= 11 is 6.77. The van der Waals surface area contributed by atoms with E-state index in [0.29, 0.717) is 19.0 Å². The fraction of sp³-hybridized carbons (Fsp3) is 0.467. The molecule has 1 aliphatic heterocycles. The molecule has 0 radical (unpaired) electrons. The Kier molecular flexibility index (Phi) is 6.48. The SMILES string of the molecule is CC(NC(=O)CSC(=S)N1CCOCC1)c1ccccc1. The quantitative estimate of drug-likeness (QED) is 0.860. The van der Waals surface area contributed by atoms with Gasteiger partial charge in [-0.3, -0.25) is 4.79 Å². The summed E-state index contributed by atoms with van der Waals surface area (Å²) in [5.41, 5.74) is 1.10. The van der Waals surface area contributed by atoms with E-state index in [9.17, 15) is 4.79 Å². The van der Waals surface area contributed by atoms with Gasteiger partial charge in [-0.15, -0.1) is 0 Å². The normalized spacial score (nSPS) is 16.3. The predicted octanol–water partition coefficient (Wildman–Crippen LogP) is 2.21. The van der Waals surface area contributed by atoms with Crippen LogP contribution < -0.4 is 5.32 Å². The summed E-state index contributed by atoms with van der Waals surface area (Å²) in [6, 6.07) is 9.94. The van der Waals surface area contributed by atoms with Gasteiger partial charge in [0, 0.05) is 13.1 Å². The average Bonchev–Trinajstić information content (AvgIpc) is 2.54. The Morgan fingerprint density at radius 1 is 1.38 bits per heavy atom. The monoisotopic (exact) mass is 324 g/mol. The van der Waals surface area contributed by atoms with Crippen molar-refractivity contribution < 1.29 is 9.53 Å². The zero-order valence-electron chi connectivity index (χ0n) is 12.1. The first-order valence-corrected chi connectivity index (χ1v) is 8.40. The third kappa shape index (κ3) is 5.30. The van der Waals surface area contributed by atoms with Crippen LogP contribution in [0.2, 0.25) is 0 Å². The summed E-state index contributed by atoms with van der Waals surface area (Å²) in [6.45, 7) is 5.02. The molecule has 1 saturated heterocycles. The maximum atomic E-state index is 12.0. The molecule has 1 fully saturated rings. The fourth-order valence-electron chi connectivity index (χ4n) is 2.07. The van der Waals surface area contributed by atoms with Crippen molar-refractivity contribution in [2.24, 2.45) is 0 Å².